The summed E-state index contributed by atoms with van der Waals surface area (Å²) >= 11 is 0. The van der Waals surface area contributed by atoms with Crippen LogP contribution in [0, 0.1) is 6.92 Å². The highest BCUT2D eigenvalue weighted by Gasteiger charge is 2.35. The van der Waals surface area contributed by atoms with E-state index in [1.165, 1.54) is 6.92 Å². The molecule has 0 radical (unpaired) electrons. The van der Waals surface area contributed by atoms with Crippen molar-refractivity contribution in [2.24, 2.45) is 0 Å². The Balaban J connectivity index is 2.44. The lowest BCUT2D eigenvalue weighted by atomic mass is 10.0. The van der Waals surface area contributed by atoms with Gasteiger partial charge in [-0.3, -0.25) is 0 Å². The average molecular weight is 315 g/mol. The zero-order valence-electron chi connectivity index (χ0n) is 11.7. The van der Waals surface area contributed by atoms with E-state index in [9.17, 15) is 18.3 Å². The molecule has 0 aliphatic carbocycles. The number of hydrogen-bond acceptors (Lipinski definition) is 5. The molecule has 2 rings (SSSR count). The van der Waals surface area contributed by atoms with Gasteiger partial charge in [-0.15, -0.1) is 0 Å². The lowest BCUT2D eigenvalue weighted by molar-refractivity contribution is 0.0693. The maximum atomic E-state index is 12.5. The molecule has 3 N–H and O–H groups in total. The predicted molar refractivity (Wildman–Crippen MR) is 74.0 cm³/mol. The van der Waals surface area contributed by atoms with Crippen LogP contribution in [-0.4, -0.2) is 43.4 Å². The summed E-state index contributed by atoms with van der Waals surface area (Å²) in [5.74, 6) is -1.85. The van der Waals surface area contributed by atoms with Gasteiger partial charge in [-0.2, -0.15) is 0 Å². The summed E-state index contributed by atoms with van der Waals surface area (Å²) in [6, 6.07) is 2.10. The van der Waals surface area contributed by atoms with E-state index in [1.54, 1.807) is 6.92 Å². The molecule has 1 aromatic rings. The number of aromatic carboxylic acids is 1. The summed E-state index contributed by atoms with van der Waals surface area (Å²) in [7, 11) is -3.91. The first kappa shape index (κ1) is 15.7. The molecule has 1 unspecified atom stereocenters. The number of rotatable bonds is 4. The van der Waals surface area contributed by atoms with Crippen molar-refractivity contribution in [2.75, 3.05) is 13.2 Å². The fraction of sp³-hybridized carbons (Fsp3) is 0.462. The van der Waals surface area contributed by atoms with Crippen LogP contribution >= 0.6 is 0 Å². The van der Waals surface area contributed by atoms with Crippen LogP contribution in [0.3, 0.4) is 0 Å². The van der Waals surface area contributed by atoms with Crippen LogP contribution in [0.25, 0.3) is 0 Å². The first-order valence-corrected chi connectivity index (χ1v) is 7.82. The highest BCUT2D eigenvalue weighted by atomic mass is 32.2. The molecule has 0 amide bonds. The second-order valence-electron chi connectivity index (χ2n) is 5.41. The van der Waals surface area contributed by atoms with Crippen LogP contribution in [0.1, 0.15) is 29.3 Å². The normalized spacial score (nSPS) is 22.4. The number of phenols is 1. The Labute approximate surface area is 122 Å². The summed E-state index contributed by atoms with van der Waals surface area (Å²) in [5.41, 5.74) is -0.895. The van der Waals surface area contributed by atoms with Gasteiger partial charge < -0.3 is 14.9 Å². The van der Waals surface area contributed by atoms with Gasteiger partial charge in [0.05, 0.1) is 17.0 Å². The van der Waals surface area contributed by atoms with Gasteiger partial charge in [0, 0.05) is 6.61 Å². The van der Waals surface area contributed by atoms with Crippen molar-refractivity contribution in [1.82, 2.24) is 4.72 Å². The molecule has 0 spiro atoms. The fourth-order valence-electron chi connectivity index (χ4n) is 2.26. The lowest BCUT2D eigenvalue weighted by Gasteiger charge is -2.24. The quantitative estimate of drug-likeness (QED) is 0.759. The molecule has 0 aromatic heterocycles. The van der Waals surface area contributed by atoms with Gasteiger partial charge in [0.2, 0.25) is 10.0 Å². The van der Waals surface area contributed by atoms with Gasteiger partial charge in [-0.05, 0) is 38.0 Å². The van der Waals surface area contributed by atoms with E-state index in [1.807, 2.05) is 0 Å². The summed E-state index contributed by atoms with van der Waals surface area (Å²) in [6.07, 6.45) is 0.537. The van der Waals surface area contributed by atoms with E-state index in [0.717, 1.165) is 12.1 Å². The monoisotopic (exact) mass is 315 g/mol. The number of nitrogens with one attached hydrogen (secondary N) is 1. The standard InChI is InChI=1S/C13H17NO6S/c1-8-5-10(15)9(12(16)17)6-11(8)21(18,19)14-13(2)3-4-20-7-13/h5-6,14-15H,3-4,7H2,1-2H3,(H,16,17). The number of carboxylic acid groups (broad SMARTS) is 1. The van der Waals surface area contributed by atoms with Gasteiger partial charge >= 0.3 is 5.97 Å². The van der Waals surface area contributed by atoms with Crippen LogP contribution in [0.5, 0.6) is 5.75 Å². The topological polar surface area (TPSA) is 113 Å². The summed E-state index contributed by atoms with van der Waals surface area (Å²) in [4.78, 5) is 10.9. The molecule has 7 nitrogen and oxygen atoms in total. The number of carbonyl (C=O) groups is 1. The highest BCUT2D eigenvalue weighted by Crippen LogP contribution is 2.27. The molecule has 1 atom stereocenters. The second-order valence-corrected chi connectivity index (χ2v) is 7.06. The molecule has 21 heavy (non-hydrogen) atoms. The van der Waals surface area contributed by atoms with Gasteiger partial charge in [-0.25, -0.2) is 17.9 Å². The molecule has 1 aromatic carbocycles. The largest absolute Gasteiger partial charge is 0.507 e. The zero-order valence-corrected chi connectivity index (χ0v) is 12.5. The highest BCUT2D eigenvalue weighted by molar-refractivity contribution is 7.89. The SMILES string of the molecule is Cc1cc(O)c(C(=O)O)cc1S(=O)(=O)NC1(C)CCOC1. The van der Waals surface area contributed by atoms with Crippen molar-refractivity contribution in [2.45, 2.75) is 30.7 Å². The van der Waals surface area contributed by atoms with Crippen molar-refractivity contribution in [3.05, 3.63) is 23.3 Å². The molecule has 1 fully saturated rings. The van der Waals surface area contributed by atoms with Gasteiger partial charge in [-0.1, -0.05) is 0 Å². The minimum Gasteiger partial charge on any atom is -0.507 e. The Bertz CT molecular complexity index is 676. The molecule has 1 aliphatic rings. The molecular formula is C13H17NO6S. The molecular weight excluding hydrogens is 298 g/mol. The first-order valence-electron chi connectivity index (χ1n) is 6.33. The zero-order chi connectivity index (χ0) is 15.8. The molecule has 1 aliphatic heterocycles. The molecule has 116 valence electrons. The Morgan fingerprint density at radius 2 is 2.10 bits per heavy atom. The van der Waals surface area contributed by atoms with Crippen molar-refractivity contribution >= 4 is 16.0 Å². The van der Waals surface area contributed by atoms with E-state index in [2.05, 4.69) is 4.72 Å². The number of ether oxygens (including phenoxy) is 1. The maximum absolute atomic E-state index is 12.5. The Morgan fingerprint density at radius 3 is 2.62 bits per heavy atom. The van der Waals surface area contributed by atoms with Gasteiger partial charge in [0.25, 0.3) is 0 Å². The number of hydrogen-bond donors (Lipinski definition) is 3. The Kier molecular flexibility index (Phi) is 3.96. The maximum Gasteiger partial charge on any atom is 0.339 e. The summed E-state index contributed by atoms with van der Waals surface area (Å²) in [5, 5.41) is 18.6. The third-order valence-electron chi connectivity index (χ3n) is 3.41. The van der Waals surface area contributed by atoms with Crippen molar-refractivity contribution in [1.29, 1.82) is 0 Å². The van der Waals surface area contributed by atoms with Crippen molar-refractivity contribution < 1.29 is 28.2 Å². The summed E-state index contributed by atoms with van der Waals surface area (Å²) in [6.45, 7) is 3.95. The van der Waals surface area contributed by atoms with Gasteiger partial charge in [0.15, 0.2) is 0 Å². The number of carboxylic acids is 1. The minimum absolute atomic E-state index is 0.161. The van der Waals surface area contributed by atoms with Crippen LogP contribution in [-0.2, 0) is 14.8 Å². The number of aromatic hydroxyl groups is 1. The predicted octanol–water partition coefficient (Wildman–Crippen LogP) is 0.856. The second kappa shape index (κ2) is 5.28. The molecule has 1 saturated heterocycles. The van der Waals surface area contributed by atoms with Crippen LogP contribution in [0.2, 0.25) is 0 Å². The Hall–Kier alpha value is -1.64. The third-order valence-corrected chi connectivity index (χ3v) is 5.19. The van der Waals surface area contributed by atoms with E-state index in [4.69, 9.17) is 9.84 Å². The van der Waals surface area contributed by atoms with E-state index in [-0.39, 0.29) is 17.1 Å². The van der Waals surface area contributed by atoms with E-state index < -0.39 is 32.8 Å². The van der Waals surface area contributed by atoms with Gasteiger partial charge in [0.1, 0.15) is 11.3 Å². The number of sulfonamides is 1. The van der Waals surface area contributed by atoms with Crippen molar-refractivity contribution in [3.63, 3.8) is 0 Å². The third kappa shape index (κ3) is 3.17. The molecule has 1 heterocycles. The molecule has 0 saturated carbocycles. The number of aryl methyl sites for hydroxylation is 1. The average Bonchev–Trinajstić information content (AvgIpc) is 2.73. The molecule has 8 heteroatoms. The lowest BCUT2D eigenvalue weighted by Crippen LogP contribution is -2.46. The Morgan fingerprint density at radius 1 is 1.43 bits per heavy atom. The first-order chi connectivity index (χ1) is 9.65. The minimum atomic E-state index is -3.91. The number of benzene rings is 1. The fourth-order valence-corrected chi connectivity index (χ4v) is 3.94. The van der Waals surface area contributed by atoms with Crippen LogP contribution in [0.4, 0.5) is 0 Å². The van der Waals surface area contributed by atoms with E-state index >= 15 is 0 Å². The smallest absolute Gasteiger partial charge is 0.339 e. The molecule has 0 bridgehead atoms. The van der Waals surface area contributed by atoms with Crippen molar-refractivity contribution in [3.8, 4) is 5.75 Å². The van der Waals surface area contributed by atoms with Crippen LogP contribution < -0.4 is 4.72 Å². The van der Waals surface area contributed by atoms with Crippen LogP contribution in [0.15, 0.2) is 17.0 Å². The van der Waals surface area contributed by atoms with E-state index in [0.29, 0.717) is 13.0 Å². The summed E-state index contributed by atoms with van der Waals surface area (Å²) < 4.78 is 32.7.